The van der Waals surface area contributed by atoms with E-state index in [-0.39, 0.29) is 0 Å². The SMILES string of the molecule is CC[Si](CC)(CC)C(c1ccccc1)c1ccccc1. The lowest BCUT2D eigenvalue weighted by Gasteiger charge is -2.38. The molecule has 0 fully saturated rings. The number of rotatable bonds is 6. The van der Waals surface area contributed by atoms with Crippen LogP contribution in [0.1, 0.15) is 37.4 Å². The first-order chi connectivity index (χ1) is 9.77. The Hall–Kier alpha value is -1.34. The maximum absolute atomic E-state index is 2.40. The lowest BCUT2D eigenvalue weighted by atomic mass is 10.0. The van der Waals surface area contributed by atoms with E-state index in [0.29, 0.717) is 5.54 Å². The molecule has 2 aromatic carbocycles. The Kier molecular flexibility index (Phi) is 5.19. The van der Waals surface area contributed by atoms with E-state index < -0.39 is 8.07 Å². The molecule has 0 spiro atoms. The van der Waals surface area contributed by atoms with Gasteiger partial charge in [0.05, 0.1) is 8.07 Å². The maximum atomic E-state index is 2.40. The molecule has 20 heavy (non-hydrogen) atoms. The van der Waals surface area contributed by atoms with E-state index in [1.54, 1.807) is 0 Å². The van der Waals surface area contributed by atoms with Crippen molar-refractivity contribution in [1.29, 1.82) is 0 Å². The van der Waals surface area contributed by atoms with Crippen LogP contribution in [0.25, 0.3) is 0 Å². The molecule has 0 saturated carbocycles. The molecule has 0 bridgehead atoms. The number of hydrogen-bond acceptors (Lipinski definition) is 0. The summed E-state index contributed by atoms with van der Waals surface area (Å²) < 4.78 is 0. The quantitative estimate of drug-likeness (QED) is 0.582. The van der Waals surface area contributed by atoms with Crippen LogP contribution in [0, 0.1) is 0 Å². The van der Waals surface area contributed by atoms with E-state index in [1.807, 2.05) is 0 Å². The van der Waals surface area contributed by atoms with Gasteiger partial charge in [-0.25, -0.2) is 0 Å². The van der Waals surface area contributed by atoms with E-state index in [0.717, 1.165) is 0 Å². The molecule has 0 nitrogen and oxygen atoms in total. The fraction of sp³-hybridized carbons (Fsp3) is 0.368. The topological polar surface area (TPSA) is 0 Å². The average molecular weight is 283 g/mol. The van der Waals surface area contributed by atoms with Crippen LogP contribution < -0.4 is 0 Å². The van der Waals surface area contributed by atoms with Crippen molar-refractivity contribution < 1.29 is 0 Å². The lowest BCUT2D eigenvalue weighted by Crippen LogP contribution is -2.40. The van der Waals surface area contributed by atoms with Gasteiger partial charge in [-0.1, -0.05) is 99.6 Å². The van der Waals surface area contributed by atoms with E-state index in [2.05, 4.69) is 81.4 Å². The molecule has 106 valence electrons. The highest BCUT2D eigenvalue weighted by molar-refractivity contribution is 6.81. The standard InChI is InChI=1S/C19H26Si/c1-4-20(5-2,6-3)19(17-13-9-7-10-14-17)18-15-11-8-12-16-18/h7-16,19H,4-6H2,1-3H3. The third-order valence-corrected chi connectivity index (χ3v) is 11.1. The highest BCUT2D eigenvalue weighted by atomic mass is 28.3. The summed E-state index contributed by atoms with van der Waals surface area (Å²) in [7, 11) is -1.33. The van der Waals surface area contributed by atoms with Gasteiger partial charge in [0.1, 0.15) is 0 Å². The van der Waals surface area contributed by atoms with Crippen molar-refractivity contribution in [2.75, 3.05) is 0 Å². The molecule has 2 rings (SSSR count). The van der Waals surface area contributed by atoms with Crippen molar-refractivity contribution in [1.82, 2.24) is 0 Å². The summed E-state index contributed by atoms with van der Waals surface area (Å²) in [6.07, 6.45) is 0. The first-order valence-electron chi connectivity index (χ1n) is 7.87. The predicted molar refractivity (Wildman–Crippen MR) is 91.9 cm³/mol. The van der Waals surface area contributed by atoms with Crippen molar-refractivity contribution in [3.8, 4) is 0 Å². The van der Waals surface area contributed by atoms with Crippen molar-refractivity contribution in [2.24, 2.45) is 0 Å². The van der Waals surface area contributed by atoms with Crippen LogP contribution in [0.4, 0.5) is 0 Å². The van der Waals surface area contributed by atoms with Gasteiger partial charge >= 0.3 is 0 Å². The zero-order valence-corrected chi connectivity index (χ0v) is 14.0. The fourth-order valence-corrected chi connectivity index (χ4v) is 8.08. The average Bonchev–Trinajstić information content (AvgIpc) is 2.54. The predicted octanol–water partition coefficient (Wildman–Crippen LogP) is 5.87. The van der Waals surface area contributed by atoms with Crippen LogP contribution >= 0.6 is 0 Å². The summed E-state index contributed by atoms with van der Waals surface area (Å²) in [6.45, 7) is 7.20. The normalized spacial score (nSPS) is 11.8. The molecule has 0 heterocycles. The fourth-order valence-electron chi connectivity index (χ4n) is 3.55. The summed E-state index contributed by atoms with van der Waals surface area (Å²) in [4.78, 5) is 0. The Balaban J connectivity index is 2.55. The first kappa shape index (κ1) is 15.1. The third kappa shape index (κ3) is 2.88. The van der Waals surface area contributed by atoms with Crippen molar-refractivity contribution in [2.45, 2.75) is 44.4 Å². The highest BCUT2D eigenvalue weighted by Crippen LogP contribution is 2.40. The van der Waals surface area contributed by atoms with Gasteiger partial charge in [0.15, 0.2) is 0 Å². The van der Waals surface area contributed by atoms with Crippen LogP contribution in [0.2, 0.25) is 18.1 Å². The van der Waals surface area contributed by atoms with E-state index in [1.165, 1.54) is 29.3 Å². The molecule has 0 aliphatic rings. The Morgan fingerprint density at radius 3 is 1.30 bits per heavy atom. The summed E-state index contributed by atoms with van der Waals surface area (Å²) in [6, 6.07) is 26.3. The summed E-state index contributed by atoms with van der Waals surface area (Å²) in [5.74, 6) is 0. The second kappa shape index (κ2) is 6.89. The molecule has 2 aromatic rings. The Bertz CT molecular complexity index is 452. The maximum Gasteiger partial charge on any atom is 0.0656 e. The lowest BCUT2D eigenvalue weighted by molar-refractivity contribution is 0.985. The zero-order chi connectivity index (χ0) is 14.4. The minimum Gasteiger partial charge on any atom is -0.0677 e. The molecule has 0 saturated heterocycles. The van der Waals surface area contributed by atoms with Gasteiger partial charge in [-0.05, 0) is 11.1 Å². The van der Waals surface area contributed by atoms with E-state index in [4.69, 9.17) is 0 Å². The van der Waals surface area contributed by atoms with E-state index >= 15 is 0 Å². The van der Waals surface area contributed by atoms with Crippen molar-refractivity contribution in [3.05, 3.63) is 71.8 Å². The van der Waals surface area contributed by atoms with Crippen LogP contribution in [0.5, 0.6) is 0 Å². The first-order valence-corrected chi connectivity index (χ1v) is 10.6. The Labute approximate surface area is 124 Å². The van der Waals surface area contributed by atoms with Gasteiger partial charge < -0.3 is 0 Å². The molecular formula is C19H26Si. The molecule has 0 amide bonds. The molecule has 0 unspecified atom stereocenters. The second-order valence-corrected chi connectivity index (χ2v) is 11.1. The highest BCUT2D eigenvalue weighted by Gasteiger charge is 2.38. The molecule has 1 heteroatoms. The molecular weight excluding hydrogens is 256 g/mol. The van der Waals surface area contributed by atoms with Crippen LogP contribution in [0.15, 0.2) is 60.7 Å². The molecule has 0 N–H and O–H groups in total. The third-order valence-electron chi connectivity index (χ3n) is 4.99. The molecule has 0 radical (unpaired) electrons. The van der Waals surface area contributed by atoms with Gasteiger partial charge in [0.2, 0.25) is 0 Å². The van der Waals surface area contributed by atoms with E-state index in [9.17, 15) is 0 Å². The summed E-state index contributed by atoms with van der Waals surface area (Å²) >= 11 is 0. The summed E-state index contributed by atoms with van der Waals surface area (Å²) in [5.41, 5.74) is 3.65. The zero-order valence-electron chi connectivity index (χ0n) is 13.0. The van der Waals surface area contributed by atoms with Crippen molar-refractivity contribution in [3.63, 3.8) is 0 Å². The minimum atomic E-state index is -1.33. The molecule has 0 aliphatic carbocycles. The number of benzene rings is 2. The van der Waals surface area contributed by atoms with Gasteiger partial charge in [-0.2, -0.15) is 0 Å². The smallest absolute Gasteiger partial charge is 0.0656 e. The van der Waals surface area contributed by atoms with Crippen LogP contribution in [-0.2, 0) is 0 Å². The summed E-state index contributed by atoms with van der Waals surface area (Å²) in [5, 5.41) is 0. The Morgan fingerprint density at radius 2 is 1.00 bits per heavy atom. The van der Waals surface area contributed by atoms with Gasteiger partial charge in [0, 0.05) is 5.54 Å². The number of hydrogen-bond donors (Lipinski definition) is 0. The minimum absolute atomic E-state index is 0.630. The molecule has 0 atom stereocenters. The van der Waals surface area contributed by atoms with Gasteiger partial charge in [-0.3, -0.25) is 0 Å². The molecule has 0 aromatic heterocycles. The van der Waals surface area contributed by atoms with Crippen LogP contribution in [0.3, 0.4) is 0 Å². The second-order valence-electron chi connectivity index (χ2n) is 5.68. The monoisotopic (exact) mass is 282 g/mol. The van der Waals surface area contributed by atoms with Gasteiger partial charge in [-0.15, -0.1) is 0 Å². The molecule has 0 aliphatic heterocycles. The largest absolute Gasteiger partial charge is 0.0677 e. The Morgan fingerprint density at radius 1 is 0.650 bits per heavy atom. The van der Waals surface area contributed by atoms with Crippen molar-refractivity contribution >= 4 is 8.07 Å². The van der Waals surface area contributed by atoms with Gasteiger partial charge in [0.25, 0.3) is 0 Å². The van der Waals surface area contributed by atoms with Crippen LogP contribution in [-0.4, -0.2) is 8.07 Å².